The lowest BCUT2D eigenvalue weighted by atomic mass is 10.1. The first-order valence-corrected chi connectivity index (χ1v) is 9.67. The monoisotopic (exact) mass is 409 g/mol. The fraction of sp³-hybridized carbons (Fsp3) is 0.190. The van der Waals surface area contributed by atoms with Crippen molar-refractivity contribution in [2.75, 3.05) is 12.4 Å². The van der Waals surface area contributed by atoms with Gasteiger partial charge >= 0.3 is 0 Å². The Balaban J connectivity index is 0.000000687. The highest BCUT2D eigenvalue weighted by atomic mass is 32.1. The SMILES string of the molecule is CNc1cccc(C)c1COc1ccc(-c2nc(C#N)cs2)cc1C.NNC=O. The molecule has 1 aromatic heterocycles. The minimum absolute atomic E-state index is 0.403. The molecule has 0 bridgehead atoms. The minimum atomic E-state index is 0.403. The predicted octanol–water partition coefficient (Wildman–Crippen LogP) is 3.53. The van der Waals surface area contributed by atoms with E-state index in [2.05, 4.69) is 41.3 Å². The van der Waals surface area contributed by atoms with Gasteiger partial charge in [0.2, 0.25) is 6.41 Å². The molecule has 3 rings (SSSR count). The van der Waals surface area contributed by atoms with E-state index in [-0.39, 0.29) is 0 Å². The van der Waals surface area contributed by atoms with Crippen LogP contribution in [0.2, 0.25) is 0 Å². The van der Waals surface area contributed by atoms with E-state index in [4.69, 9.17) is 14.8 Å². The number of nitriles is 1. The van der Waals surface area contributed by atoms with Crippen molar-refractivity contribution in [3.8, 4) is 22.4 Å². The second-order valence-electron chi connectivity index (χ2n) is 6.05. The van der Waals surface area contributed by atoms with Crippen LogP contribution < -0.4 is 21.3 Å². The van der Waals surface area contributed by atoms with Crippen LogP contribution in [0.1, 0.15) is 22.4 Å². The molecule has 0 fully saturated rings. The fourth-order valence-electron chi connectivity index (χ4n) is 2.68. The molecule has 3 aromatic rings. The number of aryl methyl sites for hydroxylation is 2. The summed E-state index contributed by atoms with van der Waals surface area (Å²) in [7, 11) is 1.92. The number of benzene rings is 2. The highest BCUT2D eigenvalue weighted by Gasteiger charge is 2.09. The molecule has 0 atom stereocenters. The molecule has 8 heteroatoms. The minimum Gasteiger partial charge on any atom is -0.489 e. The Morgan fingerprint density at radius 2 is 2.03 bits per heavy atom. The van der Waals surface area contributed by atoms with Gasteiger partial charge in [-0.15, -0.1) is 11.3 Å². The van der Waals surface area contributed by atoms with E-state index in [1.807, 2.05) is 38.2 Å². The number of nitrogens with zero attached hydrogens (tertiary/aromatic N) is 2. The Bertz CT molecular complexity index is 1010. The zero-order valence-corrected chi connectivity index (χ0v) is 17.3. The number of ether oxygens (including phenoxy) is 1. The molecule has 0 aliphatic carbocycles. The lowest BCUT2D eigenvalue weighted by molar-refractivity contribution is -0.109. The predicted molar refractivity (Wildman–Crippen MR) is 115 cm³/mol. The summed E-state index contributed by atoms with van der Waals surface area (Å²) < 4.78 is 6.05. The molecular formula is C21H23N5O2S. The topological polar surface area (TPSA) is 113 Å². The maximum absolute atomic E-state index is 8.94. The number of nitrogens with two attached hydrogens (primary N) is 1. The third-order valence-electron chi connectivity index (χ3n) is 4.16. The number of anilines is 1. The van der Waals surface area contributed by atoms with Crippen molar-refractivity contribution in [3.63, 3.8) is 0 Å². The molecule has 4 N–H and O–H groups in total. The van der Waals surface area contributed by atoms with Crippen LogP contribution in [0.4, 0.5) is 5.69 Å². The van der Waals surface area contributed by atoms with Crippen LogP contribution in [-0.2, 0) is 11.4 Å². The van der Waals surface area contributed by atoms with Gasteiger partial charge < -0.3 is 10.1 Å². The summed E-state index contributed by atoms with van der Waals surface area (Å²) in [6, 6.07) is 14.2. The third kappa shape index (κ3) is 5.78. The third-order valence-corrected chi connectivity index (χ3v) is 5.05. The van der Waals surface area contributed by atoms with Gasteiger partial charge in [0.05, 0.1) is 0 Å². The highest BCUT2D eigenvalue weighted by Crippen LogP contribution is 2.29. The van der Waals surface area contributed by atoms with Crippen LogP contribution >= 0.6 is 11.3 Å². The van der Waals surface area contributed by atoms with Crippen molar-refractivity contribution in [1.29, 1.82) is 5.26 Å². The maximum Gasteiger partial charge on any atom is 0.221 e. The van der Waals surface area contributed by atoms with E-state index < -0.39 is 0 Å². The average molecular weight is 410 g/mol. The lowest BCUT2D eigenvalue weighted by Gasteiger charge is -2.15. The molecule has 1 amide bonds. The summed E-state index contributed by atoms with van der Waals surface area (Å²) in [6.45, 7) is 4.62. The molecule has 0 saturated carbocycles. The summed E-state index contributed by atoms with van der Waals surface area (Å²) in [6.07, 6.45) is 0.403. The maximum atomic E-state index is 8.94. The number of carbonyl (C=O) groups excluding carboxylic acids is 1. The number of hydrogen-bond donors (Lipinski definition) is 3. The van der Waals surface area contributed by atoms with E-state index in [0.717, 1.165) is 33.1 Å². The van der Waals surface area contributed by atoms with E-state index in [1.165, 1.54) is 16.9 Å². The molecule has 0 aliphatic heterocycles. The van der Waals surface area contributed by atoms with E-state index in [9.17, 15) is 0 Å². The Morgan fingerprint density at radius 1 is 1.28 bits per heavy atom. The quantitative estimate of drug-likeness (QED) is 0.248. The molecule has 0 radical (unpaired) electrons. The van der Waals surface area contributed by atoms with Gasteiger partial charge in [-0.05, 0) is 49.2 Å². The summed E-state index contributed by atoms with van der Waals surface area (Å²) in [5.41, 5.74) is 7.70. The number of hydrogen-bond acceptors (Lipinski definition) is 7. The summed E-state index contributed by atoms with van der Waals surface area (Å²) in [5, 5.41) is 14.7. The number of thiazole rings is 1. The Kier molecular flexibility index (Phi) is 8.15. The summed E-state index contributed by atoms with van der Waals surface area (Å²) in [5.74, 6) is 5.26. The molecule has 0 spiro atoms. The lowest BCUT2D eigenvalue weighted by Crippen LogP contribution is -2.18. The van der Waals surface area contributed by atoms with Gasteiger partial charge in [-0.25, -0.2) is 10.8 Å². The van der Waals surface area contributed by atoms with E-state index >= 15 is 0 Å². The van der Waals surface area contributed by atoms with Crippen molar-refractivity contribution in [3.05, 3.63) is 64.2 Å². The molecule has 0 saturated heterocycles. The number of carbonyl (C=O) groups is 1. The van der Waals surface area contributed by atoms with Crippen LogP contribution in [-0.4, -0.2) is 18.4 Å². The first-order valence-electron chi connectivity index (χ1n) is 8.79. The van der Waals surface area contributed by atoms with Gasteiger partial charge in [-0.1, -0.05) is 12.1 Å². The van der Waals surface area contributed by atoms with Crippen LogP contribution in [0.5, 0.6) is 5.75 Å². The van der Waals surface area contributed by atoms with Crippen LogP contribution in [0.15, 0.2) is 41.8 Å². The number of amides is 1. The van der Waals surface area contributed by atoms with E-state index in [0.29, 0.717) is 18.7 Å². The molecule has 2 aromatic carbocycles. The average Bonchev–Trinajstić information content (AvgIpc) is 3.23. The smallest absolute Gasteiger partial charge is 0.221 e. The van der Waals surface area contributed by atoms with Gasteiger partial charge in [0.25, 0.3) is 0 Å². The van der Waals surface area contributed by atoms with Crippen molar-refractivity contribution in [1.82, 2.24) is 10.4 Å². The second-order valence-corrected chi connectivity index (χ2v) is 6.91. The molecule has 7 nitrogen and oxygen atoms in total. The molecule has 1 heterocycles. The number of aromatic nitrogens is 1. The molecule has 0 aliphatic rings. The largest absolute Gasteiger partial charge is 0.489 e. The second kappa shape index (κ2) is 10.8. The molecule has 0 unspecified atom stereocenters. The first kappa shape index (κ1) is 21.9. The van der Waals surface area contributed by atoms with Crippen molar-refractivity contribution < 1.29 is 9.53 Å². The highest BCUT2D eigenvalue weighted by molar-refractivity contribution is 7.13. The van der Waals surface area contributed by atoms with Crippen LogP contribution in [0.3, 0.4) is 0 Å². The molecular weight excluding hydrogens is 386 g/mol. The number of rotatable bonds is 6. The molecule has 29 heavy (non-hydrogen) atoms. The van der Waals surface area contributed by atoms with Crippen LogP contribution in [0.25, 0.3) is 10.6 Å². The van der Waals surface area contributed by atoms with Crippen molar-refractivity contribution in [2.45, 2.75) is 20.5 Å². The fourth-order valence-corrected chi connectivity index (χ4v) is 3.42. The summed E-state index contributed by atoms with van der Waals surface area (Å²) in [4.78, 5) is 13.2. The Labute approximate surface area is 174 Å². The van der Waals surface area contributed by atoms with Gasteiger partial charge in [-0.3, -0.25) is 10.2 Å². The number of hydrazine groups is 1. The molecule has 150 valence electrons. The number of nitrogens with one attached hydrogen (secondary N) is 2. The van der Waals surface area contributed by atoms with Crippen LogP contribution in [0, 0.1) is 25.2 Å². The van der Waals surface area contributed by atoms with E-state index in [1.54, 1.807) is 10.8 Å². The van der Waals surface area contributed by atoms with Crippen molar-refractivity contribution >= 4 is 23.4 Å². The van der Waals surface area contributed by atoms with Gasteiger partial charge in [-0.2, -0.15) is 5.26 Å². The van der Waals surface area contributed by atoms with Gasteiger partial charge in [0.1, 0.15) is 23.4 Å². The summed E-state index contributed by atoms with van der Waals surface area (Å²) >= 11 is 1.48. The zero-order valence-electron chi connectivity index (χ0n) is 16.5. The Hall–Kier alpha value is -3.41. The Morgan fingerprint density at radius 3 is 2.62 bits per heavy atom. The normalized spacial score (nSPS) is 9.62. The van der Waals surface area contributed by atoms with Gasteiger partial charge in [0.15, 0.2) is 5.69 Å². The van der Waals surface area contributed by atoms with Gasteiger partial charge in [0, 0.05) is 29.2 Å². The first-order chi connectivity index (χ1) is 14.0. The zero-order chi connectivity index (χ0) is 21.2. The standard InChI is InChI=1S/C20H19N3OS.CH4N2O/c1-13-5-4-6-18(22-3)17(13)11-24-19-8-7-15(9-14(19)2)20-23-16(10-21)12-25-20;2-3-1-4/h4-9,12,22H,11H2,1-3H3;1H,2H2,(H,3,4). The van der Waals surface area contributed by atoms with Crippen molar-refractivity contribution in [2.24, 2.45) is 5.84 Å².